The lowest BCUT2D eigenvalue weighted by Crippen LogP contribution is -2.45. The molecule has 1 aliphatic carbocycles. The van der Waals surface area contributed by atoms with E-state index in [-0.39, 0.29) is 0 Å². The van der Waals surface area contributed by atoms with Gasteiger partial charge in [-0.2, -0.15) is 10.1 Å². The number of nitrogens with one attached hydrogen (secondary N) is 1. The molecule has 10 nitrogen and oxygen atoms in total. The maximum atomic E-state index is 12.6. The van der Waals surface area contributed by atoms with Gasteiger partial charge in [-0.3, -0.25) is 9.05 Å². The summed E-state index contributed by atoms with van der Waals surface area (Å²) < 4.78 is 26.7. The van der Waals surface area contributed by atoms with Gasteiger partial charge in [0, 0.05) is 58.0 Å². The molecule has 0 atom stereocenters. The highest BCUT2D eigenvalue weighted by atomic mass is 31.2. The molecule has 2 fully saturated rings. The molecule has 0 bridgehead atoms. The predicted molar refractivity (Wildman–Crippen MR) is 137 cm³/mol. The summed E-state index contributed by atoms with van der Waals surface area (Å²) in [6.45, 7) is 2.71. The van der Waals surface area contributed by atoms with Gasteiger partial charge in [0.2, 0.25) is 5.95 Å². The smallest absolute Gasteiger partial charge is 0.369 e. The molecular formula is C24H34N7O3P. The molecule has 35 heavy (non-hydrogen) atoms. The van der Waals surface area contributed by atoms with E-state index in [0.29, 0.717) is 25.1 Å². The molecule has 1 aromatic carbocycles. The molecular weight excluding hydrogens is 465 g/mol. The minimum Gasteiger partial charge on any atom is -0.369 e. The zero-order chi connectivity index (χ0) is 24.3. The minimum absolute atomic E-state index is 0.416. The summed E-state index contributed by atoms with van der Waals surface area (Å²) in [6, 6.07) is 8.65. The Bertz CT molecular complexity index is 1160. The number of nitrogens with zero attached hydrogens (tertiary/aromatic N) is 6. The lowest BCUT2D eigenvalue weighted by molar-refractivity contribution is 0.203. The Kier molecular flexibility index (Phi) is 7.34. The van der Waals surface area contributed by atoms with E-state index in [9.17, 15) is 4.57 Å². The third-order valence-electron chi connectivity index (χ3n) is 7.06. The first-order valence-electron chi connectivity index (χ1n) is 12.4. The van der Waals surface area contributed by atoms with Gasteiger partial charge < -0.3 is 10.2 Å². The zero-order valence-electron chi connectivity index (χ0n) is 20.5. The standard InChI is InChI=1S/C24H34N7O3P/c1-33-35(32,34-2)30-15-13-29(14-16-30)21-11-9-20(10-12-21)27-24-25-17-19-18-26-31(23(19)28-24)22-7-5-3-4-6-8-22/h9-12,17-18,22H,3-8,13-16H2,1-2H3,(H,25,27,28). The third-order valence-corrected chi connectivity index (χ3v) is 9.07. The van der Waals surface area contributed by atoms with E-state index in [0.717, 1.165) is 48.3 Å². The van der Waals surface area contributed by atoms with Gasteiger partial charge in [0.25, 0.3) is 0 Å². The second-order valence-electron chi connectivity index (χ2n) is 9.15. The summed E-state index contributed by atoms with van der Waals surface area (Å²) in [4.78, 5) is 11.6. The number of benzene rings is 1. The fraction of sp³-hybridized carbons (Fsp3) is 0.542. The second-order valence-corrected chi connectivity index (χ2v) is 11.4. The molecule has 2 aromatic heterocycles. The molecule has 2 aliphatic rings. The molecule has 0 radical (unpaired) electrons. The molecule has 11 heteroatoms. The first kappa shape index (κ1) is 24.2. The van der Waals surface area contributed by atoms with Crippen molar-refractivity contribution in [2.75, 3.05) is 50.6 Å². The quantitative estimate of drug-likeness (QED) is 0.356. The Morgan fingerprint density at radius 3 is 2.29 bits per heavy atom. The SMILES string of the molecule is COP(=O)(OC)N1CCN(c2ccc(Nc3ncc4cnn(C5CCCCCC5)c4n3)cc2)CC1. The average Bonchev–Trinajstić information content (AvgIpc) is 3.13. The highest BCUT2D eigenvalue weighted by molar-refractivity contribution is 7.51. The van der Waals surface area contributed by atoms with Gasteiger partial charge >= 0.3 is 7.75 Å². The van der Waals surface area contributed by atoms with Crippen molar-refractivity contribution in [2.45, 2.75) is 44.6 Å². The van der Waals surface area contributed by atoms with E-state index in [1.807, 2.05) is 24.5 Å². The highest BCUT2D eigenvalue weighted by Crippen LogP contribution is 2.50. The molecule has 0 amide bonds. The van der Waals surface area contributed by atoms with Crippen molar-refractivity contribution in [3.63, 3.8) is 0 Å². The van der Waals surface area contributed by atoms with Gasteiger partial charge in [-0.15, -0.1) is 0 Å². The van der Waals surface area contributed by atoms with Gasteiger partial charge in [-0.05, 0) is 37.1 Å². The number of anilines is 3. The van der Waals surface area contributed by atoms with Crippen molar-refractivity contribution in [1.82, 2.24) is 24.4 Å². The number of aromatic nitrogens is 4. The molecule has 1 aliphatic heterocycles. The largest absolute Gasteiger partial charge is 0.407 e. The summed E-state index contributed by atoms with van der Waals surface area (Å²) in [5, 5.41) is 8.96. The lowest BCUT2D eigenvalue weighted by atomic mass is 10.1. The van der Waals surface area contributed by atoms with Crippen LogP contribution in [0.2, 0.25) is 0 Å². The lowest BCUT2D eigenvalue weighted by Gasteiger charge is -2.37. The molecule has 1 saturated heterocycles. The van der Waals surface area contributed by atoms with Crippen molar-refractivity contribution in [3.05, 3.63) is 36.7 Å². The molecule has 3 aromatic rings. The van der Waals surface area contributed by atoms with Crippen LogP contribution in [0, 0.1) is 0 Å². The third kappa shape index (κ3) is 5.21. The van der Waals surface area contributed by atoms with Crippen LogP contribution in [0.15, 0.2) is 36.7 Å². The van der Waals surface area contributed by atoms with Crippen molar-refractivity contribution in [1.29, 1.82) is 0 Å². The summed E-state index contributed by atoms with van der Waals surface area (Å²) >= 11 is 0. The van der Waals surface area contributed by atoms with Crippen LogP contribution >= 0.6 is 7.75 Å². The molecule has 188 valence electrons. The summed E-state index contributed by atoms with van der Waals surface area (Å²) in [5.74, 6) is 0.573. The predicted octanol–water partition coefficient (Wildman–Crippen LogP) is 4.99. The fourth-order valence-corrected chi connectivity index (χ4v) is 6.33. The van der Waals surface area contributed by atoms with Crippen LogP contribution in [0.4, 0.5) is 17.3 Å². The highest BCUT2D eigenvalue weighted by Gasteiger charge is 2.34. The molecule has 0 spiro atoms. The van der Waals surface area contributed by atoms with E-state index >= 15 is 0 Å². The van der Waals surface area contributed by atoms with Gasteiger partial charge in [-0.25, -0.2) is 18.9 Å². The number of rotatable bonds is 7. The first-order chi connectivity index (χ1) is 17.1. The Morgan fingerprint density at radius 1 is 0.943 bits per heavy atom. The van der Waals surface area contributed by atoms with Gasteiger partial charge in [0.05, 0.1) is 17.6 Å². The Balaban J connectivity index is 1.25. The summed E-state index contributed by atoms with van der Waals surface area (Å²) in [7, 11) is -0.322. The van der Waals surface area contributed by atoms with Gasteiger partial charge in [0.1, 0.15) is 0 Å². The normalized spacial score (nSPS) is 18.6. The maximum absolute atomic E-state index is 12.6. The topological polar surface area (TPSA) is 97.6 Å². The van der Waals surface area contributed by atoms with Crippen LogP contribution < -0.4 is 10.2 Å². The van der Waals surface area contributed by atoms with Crippen molar-refractivity contribution < 1.29 is 13.6 Å². The van der Waals surface area contributed by atoms with Crippen LogP contribution in [0.5, 0.6) is 0 Å². The van der Waals surface area contributed by atoms with Gasteiger partial charge in [0.15, 0.2) is 5.65 Å². The first-order valence-corrected chi connectivity index (χ1v) is 13.9. The monoisotopic (exact) mass is 499 g/mol. The van der Waals surface area contributed by atoms with Crippen molar-refractivity contribution in [3.8, 4) is 0 Å². The van der Waals surface area contributed by atoms with Crippen LogP contribution in [0.25, 0.3) is 11.0 Å². The van der Waals surface area contributed by atoms with Crippen LogP contribution in [0.1, 0.15) is 44.6 Å². The van der Waals surface area contributed by atoms with E-state index in [1.54, 1.807) is 4.67 Å². The molecule has 0 unspecified atom stereocenters. The average molecular weight is 500 g/mol. The Morgan fingerprint density at radius 2 is 1.63 bits per heavy atom. The Labute approximate surface area is 206 Å². The molecule has 1 N–H and O–H groups in total. The van der Waals surface area contributed by atoms with E-state index < -0.39 is 7.75 Å². The van der Waals surface area contributed by atoms with E-state index in [4.69, 9.17) is 14.0 Å². The van der Waals surface area contributed by atoms with Crippen molar-refractivity contribution >= 4 is 36.1 Å². The minimum atomic E-state index is -3.17. The summed E-state index contributed by atoms with van der Waals surface area (Å²) in [6.07, 6.45) is 11.2. The number of fused-ring (bicyclic) bond motifs is 1. The summed E-state index contributed by atoms with van der Waals surface area (Å²) in [5.41, 5.74) is 2.94. The zero-order valence-corrected chi connectivity index (χ0v) is 21.4. The fourth-order valence-electron chi connectivity index (χ4n) is 5.05. The molecule has 3 heterocycles. The second kappa shape index (κ2) is 10.6. The number of hydrogen-bond acceptors (Lipinski definition) is 8. The Hall–Kier alpha value is -2.52. The van der Waals surface area contributed by atoms with E-state index in [2.05, 4.69) is 37.1 Å². The van der Waals surface area contributed by atoms with Crippen LogP contribution in [0.3, 0.4) is 0 Å². The van der Waals surface area contributed by atoms with Gasteiger partial charge in [-0.1, -0.05) is 25.7 Å². The van der Waals surface area contributed by atoms with Crippen molar-refractivity contribution in [2.24, 2.45) is 0 Å². The number of piperazine rings is 1. The number of hydrogen-bond donors (Lipinski definition) is 1. The molecule has 1 saturated carbocycles. The van der Waals surface area contributed by atoms with E-state index in [1.165, 1.54) is 39.9 Å². The maximum Gasteiger partial charge on any atom is 0.407 e. The molecule has 5 rings (SSSR count). The van der Waals surface area contributed by atoms with Crippen LogP contribution in [-0.2, 0) is 13.6 Å². The van der Waals surface area contributed by atoms with Crippen LogP contribution in [-0.4, -0.2) is 64.8 Å².